The van der Waals surface area contributed by atoms with E-state index < -0.39 is 0 Å². The lowest BCUT2D eigenvalue weighted by atomic mass is 9.88. The second-order valence-corrected chi connectivity index (χ2v) is 4.65. The standard InChI is InChI=1S/C15H25N/c1-5-11(4)15(16)14-10-12(6-2)8-9-13(14)7-3/h8-11,15H,5-7,16H2,1-4H3. The molecule has 2 unspecified atom stereocenters. The van der Waals surface area contributed by atoms with Crippen LogP contribution >= 0.6 is 0 Å². The van der Waals surface area contributed by atoms with Crippen molar-refractivity contribution in [2.45, 2.75) is 53.0 Å². The summed E-state index contributed by atoms with van der Waals surface area (Å²) in [6, 6.07) is 6.96. The van der Waals surface area contributed by atoms with Crippen molar-refractivity contribution in [3.05, 3.63) is 34.9 Å². The molecule has 0 amide bonds. The first kappa shape index (κ1) is 13.2. The van der Waals surface area contributed by atoms with Gasteiger partial charge in [0.15, 0.2) is 0 Å². The minimum absolute atomic E-state index is 0.187. The summed E-state index contributed by atoms with van der Waals surface area (Å²) in [4.78, 5) is 0. The number of hydrogen-bond acceptors (Lipinski definition) is 1. The molecule has 1 aromatic rings. The van der Waals surface area contributed by atoms with Gasteiger partial charge in [0.1, 0.15) is 0 Å². The van der Waals surface area contributed by atoms with Crippen LogP contribution in [0.1, 0.15) is 56.8 Å². The minimum atomic E-state index is 0.187. The third kappa shape index (κ3) is 2.85. The third-order valence-electron chi connectivity index (χ3n) is 3.62. The van der Waals surface area contributed by atoms with Gasteiger partial charge in [0.05, 0.1) is 0 Å². The van der Waals surface area contributed by atoms with E-state index in [2.05, 4.69) is 45.9 Å². The number of nitrogens with two attached hydrogens (primary N) is 1. The van der Waals surface area contributed by atoms with E-state index >= 15 is 0 Å². The van der Waals surface area contributed by atoms with Crippen molar-refractivity contribution >= 4 is 0 Å². The summed E-state index contributed by atoms with van der Waals surface area (Å²) < 4.78 is 0. The summed E-state index contributed by atoms with van der Waals surface area (Å²) in [5, 5.41) is 0. The van der Waals surface area contributed by atoms with Gasteiger partial charge in [-0.3, -0.25) is 0 Å². The van der Waals surface area contributed by atoms with Gasteiger partial charge >= 0.3 is 0 Å². The molecule has 0 saturated carbocycles. The highest BCUT2D eigenvalue weighted by molar-refractivity contribution is 5.34. The molecule has 2 N–H and O–H groups in total. The number of aryl methyl sites for hydroxylation is 2. The van der Waals surface area contributed by atoms with Gasteiger partial charge in [-0.25, -0.2) is 0 Å². The summed E-state index contributed by atoms with van der Waals surface area (Å²) in [5.74, 6) is 0.553. The summed E-state index contributed by atoms with van der Waals surface area (Å²) in [5.41, 5.74) is 10.5. The Morgan fingerprint density at radius 2 is 1.81 bits per heavy atom. The minimum Gasteiger partial charge on any atom is -0.324 e. The van der Waals surface area contributed by atoms with Crippen molar-refractivity contribution in [1.82, 2.24) is 0 Å². The van der Waals surface area contributed by atoms with Crippen molar-refractivity contribution in [2.75, 3.05) is 0 Å². The van der Waals surface area contributed by atoms with Gasteiger partial charge in [-0.15, -0.1) is 0 Å². The van der Waals surface area contributed by atoms with Crippen LogP contribution < -0.4 is 5.73 Å². The predicted molar refractivity (Wildman–Crippen MR) is 71.6 cm³/mol. The molecule has 0 aliphatic heterocycles. The molecule has 0 saturated heterocycles. The Labute approximate surface area is 100 Å². The molecule has 90 valence electrons. The Bertz CT molecular complexity index is 330. The zero-order valence-corrected chi connectivity index (χ0v) is 11.1. The lowest BCUT2D eigenvalue weighted by Gasteiger charge is -2.22. The molecule has 1 heteroatoms. The summed E-state index contributed by atoms with van der Waals surface area (Å²) >= 11 is 0. The van der Waals surface area contributed by atoms with E-state index in [9.17, 15) is 0 Å². The first-order chi connectivity index (χ1) is 7.63. The van der Waals surface area contributed by atoms with Crippen molar-refractivity contribution in [1.29, 1.82) is 0 Å². The quantitative estimate of drug-likeness (QED) is 0.799. The lowest BCUT2D eigenvalue weighted by Crippen LogP contribution is -2.20. The maximum absolute atomic E-state index is 6.35. The number of benzene rings is 1. The van der Waals surface area contributed by atoms with E-state index in [1.165, 1.54) is 16.7 Å². The molecule has 1 aromatic carbocycles. The van der Waals surface area contributed by atoms with Gasteiger partial charge in [0.25, 0.3) is 0 Å². The zero-order valence-electron chi connectivity index (χ0n) is 11.1. The van der Waals surface area contributed by atoms with E-state index in [-0.39, 0.29) is 6.04 Å². The normalized spacial score (nSPS) is 14.8. The molecule has 0 aliphatic rings. The van der Waals surface area contributed by atoms with Crippen LogP contribution in [0.4, 0.5) is 0 Å². The Morgan fingerprint density at radius 3 is 2.31 bits per heavy atom. The highest BCUT2D eigenvalue weighted by atomic mass is 14.6. The fourth-order valence-corrected chi connectivity index (χ4v) is 2.06. The van der Waals surface area contributed by atoms with Crippen molar-refractivity contribution < 1.29 is 0 Å². The van der Waals surface area contributed by atoms with Crippen LogP contribution in [-0.4, -0.2) is 0 Å². The molecule has 0 aromatic heterocycles. The van der Waals surface area contributed by atoms with Crippen molar-refractivity contribution in [3.63, 3.8) is 0 Å². The third-order valence-corrected chi connectivity index (χ3v) is 3.62. The monoisotopic (exact) mass is 219 g/mol. The van der Waals surface area contributed by atoms with E-state index in [0.717, 1.165) is 19.3 Å². The molecular weight excluding hydrogens is 194 g/mol. The van der Waals surface area contributed by atoms with Gasteiger partial charge in [-0.05, 0) is 35.4 Å². The highest BCUT2D eigenvalue weighted by Gasteiger charge is 2.16. The summed E-state index contributed by atoms with van der Waals surface area (Å²) in [6.45, 7) is 8.84. The second kappa shape index (κ2) is 6.05. The van der Waals surface area contributed by atoms with Gasteiger partial charge in [-0.2, -0.15) is 0 Å². The summed E-state index contributed by atoms with van der Waals surface area (Å²) in [7, 11) is 0. The van der Waals surface area contributed by atoms with Gasteiger partial charge in [0, 0.05) is 6.04 Å². The first-order valence-corrected chi connectivity index (χ1v) is 6.51. The van der Waals surface area contributed by atoms with E-state index in [4.69, 9.17) is 5.73 Å². The van der Waals surface area contributed by atoms with Crippen LogP contribution in [0.15, 0.2) is 18.2 Å². The second-order valence-electron chi connectivity index (χ2n) is 4.65. The molecule has 1 rings (SSSR count). The van der Waals surface area contributed by atoms with Crippen LogP contribution in [0.25, 0.3) is 0 Å². The number of hydrogen-bond donors (Lipinski definition) is 1. The average Bonchev–Trinajstić information content (AvgIpc) is 2.35. The van der Waals surface area contributed by atoms with Crippen LogP contribution in [-0.2, 0) is 12.8 Å². The molecule has 0 spiro atoms. The van der Waals surface area contributed by atoms with E-state index in [1.807, 2.05) is 0 Å². The van der Waals surface area contributed by atoms with Crippen molar-refractivity contribution in [2.24, 2.45) is 11.7 Å². The topological polar surface area (TPSA) is 26.0 Å². The average molecular weight is 219 g/mol. The Morgan fingerprint density at radius 1 is 1.12 bits per heavy atom. The molecule has 0 aliphatic carbocycles. The largest absolute Gasteiger partial charge is 0.324 e. The van der Waals surface area contributed by atoms with Crippen LogP contribution in [0.5, 0.6) is 0 Å². The van der Waals surface area contributed by atoms with Crippen LogP contribution in [0.2, 0.25) is 0 Å². The molecule has 2 atom stereocenters. The number of rotatable bonds is 5. The first-order valence-electron chi connectivity index (χ1n) is 6.51. The fraction of sp³-hybridized carbons (Fsp3) is 0.600. The Kier molecular flexibility index (Phi) is 5.01. The molecule has 0 heterocycles. The van der Waals surface area contributed by atoms with Crippen LogP contribution in [0, 0.1) is 5.92 Å². The fourth-order valence-electron chi connectivity index (χ4n) is 2.06. The molecule has 0 fully saturated rings. The van der Waals surface area contributed by atoms with E-state index in [0.29, 0.717) is 5.92 Å². The highest BCUT2D eigenvalue weighted by Crippen LogP contribution is 2.26. The Hall–Kier alpha value is -0.820. The zero-order chi connectivity index (χ0) is 12.1. The smallest absolute Gasteiger partial charge is 0.0323 e. The molecular formula is C15H25N. The summed E-state index contributed by atoms with van der Waals surface area (Å²) in [6.07, 6.45) is 3.30. The lowest BCUT2D eigenvalue weighted by molar-refractivity contribution is 0.454. The van der Waals surface area contributed by atoms with Gasteiger partial charge in [-0.1, -0.05) is 52.3 Å². The predicted octanol–water partition coefficient (Wildman–Crippen LogP) is 3.86. The van der Waals surface area contributed by atoms with Crippen molar-refractivity contribution in [3.8, 4) is 0 Å². The maximum Gasteiger partial charge on any atom is 0.0323 e. The van der Waals surface area contributed by atoms with E-state index in [1.54, 1.807) is 0 Å². The molecule has 16 heavy (non-hydrogen) atoms. The maximum atomic E-state index is 6.35. The van der Waals surface area contributed by atoms with Gasteiger partial charge < -0.3 is 5.73 Å². The molecule has 0 bridgehead atoms. The van der Waals surface area contributed by atoms with Gasteiger partial charge in [0.2, 0.25) is 0 Å². The Balaban J connectivity index is 3.07. The van der Waals surface area contributed by atoms with Crippen LogP contribution in [0.3, 0.4) is 0 Å². The molecule has 0 radical (unpaired) electrons. The SMILES string of the molecule is CCc1ccc(CC)c(C(N)C(C)CC)c1. The molecule has 1 nitrogen and oxygen atoms in total.